The molecule has 0 fully saturated rings. The fraction of sp³-hybridized carbons (Fsp3) is 0.211. The SMILES string of the molecule is COc1ccc(/C=C\C(=O)O)cc1S(=O)(=O)N1C[C@H](C)c2ccccc21. The summed E-state index contributed by atoms with van der Waals surface area (Å²) in [5, 5.41) is 8.78. The molecule has 0 amide bonds. The number of carboxylic acids is 1. The number of hydrogen-bond donors (Lipinski definition) is 1. The molecule has 6 nitrogen and oxygen atoms in total. The highest BCUT2D eigenvalue weighted by Crippen LogP contribution is 2.40. The number of aliphatic carboxylic acids is 1. The molecule has 0 saturated heterocycles. The molecule has 0 saturated carbocycles. The van der Waals surface area contributed by atoms with E-state index >= 15 is 0 Å². The summed E-state index contributed by atoms with van der Waals surface area (Å²) in [7, 11) is -2.46. The van der Waals surface area contributed by atoms with Crippen LogP contribution in [0, 0.1) is 0 Å². The molecule has 7 heteroatoms. The van der Waals surface area contributed by atoms with E-state index in [4.69, 9.17) is 9.84 Å². The van der Waals surface area contributed by atoms with Gasteiger partial charge in [0.15, 0.2) is 0 Å². The highest BCUT2D eigenvalue weighted by Gasteiger charge is 2.36. The Kier molecular flexibility index (Phi) is 4.73. The lowest BCUT2D eigenvalue weighted by molar-refractivity contribution is -0.131. The van der Waals surface area contributed by atoms with Crippen molar-refractivity contribution < 1.29 is 23.1 Å². The molecule has 1 atom stereocenters. The molecule has 1 aliphatic rings. The van der Waals surface area contributed by atoms with Crippen LogP contribution in [-0.2, 0) is 14.8 Å². The highest BCUT2D eigenvalue weighted by molar-refractivity contribution is 7.93. The van der Waals surface area contributed by atoms with Crippen LogP contribution in [-0.4, -0.2) is 33.1 Å². The molecule has 1 N–H and O–H groups in total. The molecule has 1 aliphatic heterocycles. The number of fused-ring (bicyclic) bond motifs is 1. The average molecular weight is 373 g/mol. The van der Waals surface area contributed by atoms with Gasteiger partial charge in [-0.25, -0.2) is 13.2 Å². The zero-order valence-corrected chi connectivity index (χ0v) is 15.2. The fourth-order valence-electron chi connectivity index (χ4n) is 3.09. The average Bonchev–Trinajstić information content (AvgIpc) is 2.97. The van der Waals surface area contributed by atoms with Crippen LogP contribution in [0.3, 0.4) is 0 Å². The number of methoxy groups -OCH3 is 1. The Morgan fingerprint density at radius 3 is 2.69 bits per heavy atom. The lowest BCUT2D eigenvalue weighted by atomic mass is 10.0. The zero-order chi connectivity index (χ0) is 18.9. The molecule has 26 heavy (non-hydrogen) atoms. The molecule has 3 rings (SSSR count). The van der Waals surface area contributed by atoms with Gasteiger partial charge in [0.05, 0.1) is 12.8 Å². The monoisotopic (exact) mass is 373 g/mol. The van der Waals surface area contributed by atoms with Crippen molar-refractivity contribution in [2.75, 3.05) is 18.0 Å². The third-order valence-electron chi connectivity index (χ3n) is 4.35. The van der Waals surface area contributed by atoms with Crippen molar-refractivity contribution in [3.63, 3.8) is 0 Å². The number of anilines is 1. The number of rotatable bonds is 5. The van der Waals surface area contributed by atoms with Gasteiger partial charge in [-0.1, -0.05) is 31.2 Å². The van der Waals surface area contributed by atoms with Crippen molar-refractivity contribution in [3.05, 3.63) is 59.7 Å². The minimum Gasteiger partial charge on any atom is -0.495 e. The summed E-state index contributed by atoms with van der Waals surface area (Å²) in [4.78, 5) is 10.7. The van der Waals surface area contributed by atoms with Gasteiger partial charge in [-0.2, -0.15) is 0 Å². The predicted molar refractivity (Wildman–Crippen MR) is 99.1 cm³/mol. The molecule has 0 aromatic heterocycles. The van der Waals surface area contributed by atoms with Gasteiger partial charge in [0.2, 0.25) is 0 Å². The maximum atomic E-state index is 13.3. The van der Waals surface area contributed by atoms with Crippen molar-refractivity contribution in [2.45, 2.75) is 17.7 Å². The van der Waals surface area contributed by atoms with E-state index in [2.05, 4.69) is 0 Å². The maximum absolute atomic E-state index is 13.3. The van der Waals surface area contributed by atoms with Crippen LogP contribution in [0.15, 0.2) is 53.4 Å². The summed E-state index contributed by atoms with van der Waals surface area (Å²) in [6.45, 7) is 2.33. The van der Waals surface area contributed by atoms with Crippen LogP contribution in [0.4, 0.5) is 5.69 Å². The van der Waals surface area contributed by atoms with Crippen LogP contribution >= 0.6 is 0 Å². The molecule has 0 bridgehead atoms. The second-order valence-corrected chi connectivity index (χ2v) is 7.91. The quantitative estimate of drug-likeness (QED) is 0.814. The van der Waals surface area contributed by atoms with Crippen LogP contribution in [0.2, 0.25) is 0 Å². The van der Waals surface area contributed by atoms with E-state index in [-0.39, 0.29) is 16.6 Å². The standard InChI is InChI=1S/C19H19NO5S/c1-13-12-20(16-6-4-3-5-15(13)16)26(23,24)18-11-14(8-10-19(21)22)7-9-17(18)25-2/h3-11,13H,12H2,1-2H3,(H,21,22)/b10-8-/t13-/m0/s1. The van der Waals surface area contributed by atoms with E-state index in [9.17, 15) is 13.2 Å². The summed E-state index contributed by atoms with van der Waals surface area (Å²) >= 11 is 0. The van der Waals surface area contributed by atoms with Gasteiger partial charge in [0.1, 0.15) is 10.6 Å². The number of nitrogens with zero attached hydrogens (tertiary/aromatic N) is 1. The van der Waals surface area contributed by atoms with Crippen molar-refractivity contribution in [3.8, 4) is 5.75 Å². The number of sulfonamides is 1. The Balaban J connectivity index is 2.10. The lowest BCUT2D eigenvalue weighted by Gasteiger charge is -2.21. The fourth-order valence-corrected chi connectivity index (χ4v) is 4.86. The van der Waals surface area contributed by atoms with E-state index in [1.54, 1.807) is 12.1 Å². The van der Waals surface area contributed by atoms with Crippen molar-refractivity contribution >= 4 is 27.8 Å². The molecule has 1 heterocycles. The Morgan fingerprint density at radius 2 is 2.00 bits per heavy atom. The van der Waals surface area contributed by atoms with Crippen molar-refractivity contribution in [2.24, 2.45) is 0 Å². The predicted octanol–water partition coefficient (Wildman–Crippen LogP) is 3.11. The summed E-state index contributed by atoms with van der Waals surface area (Å²) in [5.41, 5.74) is 2.11. The topological polar surface area (TPSA) is 83.9 Å². The molecule has 0 aliphatic carbocycles. The van der Waals surface area contributed by atoms with Crippen LogP contribution in [0.5, 0.6) is 5.75 Å². The van der Waals surface area contributed by atoms with Crippen LogP contribution < -0.4 is 9.04 Å². The molecule has 0 radical (unpaired) electrons. The third kappa shape index (κ3) is 3.17. The van der Waals surface area contributed by atoms with Gasteiger partial charge in [-0.15, -0.1) is 0 Å². The second-order valence-electron chi connectivity index (χ2n) is 6.08. The van der Waals surface area contributed by atoms with Gasteiger partial charge in [-0.3, -0.25) is 4.31 Å². The van der Waals surface area contributed by atoms with E-state index in [0.717, 1.165) is 11.6 Å². The van der Waals surface area contributed by atoms with Gasteiger partial charge in [0, 0.05) is 18.5 Å². The smallest absolute Gasteiger partial charge is 0.328 e. The van der Waals surface area contributed by atoms with Crippen LogP contribution in [0.1, 0.15) is 24.0 Å². The first kappa shape index (κ1) is 18.0. The summed E-state index contributed by atoms with van der Waals surface area (Å²) in [6.07, 6.45) is 2.31. The molecule has 2 aromatic carbocycles. The Bertz CT molecular complexity index is 981. The third-order valence-corrected chi connectivity index (χ3v) is 6.15. The van der Waals surface area contributed by atoms with E-state index in [1.165, 1.54) is 29.6 Å². The highest BCUT2D eigenvalue weighted by atomic mass is 32.2. The van der Waals surface area contributed by atoms with Gasteiger partial charge >= 0.3 is 5.97 Å². The Labute approximate surface area is 152 Å². The number of para-hydroxylation sites is 1. The minimum absolute atomic E-state index is 0.0106. The van der Waals surface area contributed by atoms with E-state index in [0.29, 0.717) is 17.8 Å². The molecule has 136 valence electrons. The van der Waals surface area contributed by atoms with Gasteiger partial charge in [0.25, 0.3) is 10.0 Å². The van der Waals surface area contributed by atoms with Crippen molar-refractivity contribution in [1.82, 2.24) is 0 Å². The van der Waals surface area contributed by atoms with Crippen molar-refractivity contribution in [1.29, 1.82) is 0 Å². The molecule has 0 unspecified atom stereocenters. The Morgan fingerprint density at radius 1 is 1.27 bits per heavy atom. The first-order valence-electron chi connectivity index (χ1n) is 8.05. The largest absolute Gasteiger partial charge is 0.495 e. The Hall–Kier alpha value is -2.80. The van der Waals surface area contributed by atoms with Gasteiger partial charge < -0.3 is 9.84 Å². The first-order valence-corrected chi connectivity index (χ1v) is 9.49. The van der Waals surface area contributed by atoms with E-state index in [1.807, 2.05) is 25.1 Å². The van der Waals surface area contributed by atoms with E-state index < -0.39 is 16.0 Å². The molecule has 2 aromatic rings. The van der Waals surface area contributed by atoms with Gasteiger partial charge in [-0.05, 0) is 35.4 Å². The summed E-state index contributed by atoms with van der Waals surface area (Å²) in [5.74, 6) is -0.802. The first-order chi connectivity index (χ1) is 12.3. The second kappa shape index (κ2) is 6.84. The number of ether oxygens (including phenoxy) is 1. The normalized spacial score (nSPS) is 16.7. The summed E-state index contributed by atoms with van der Waals surface area (Å²) in [6, 6.07) is 12.0. The molecule has 0 spiro atoms. The maximum Gasteiger partial charge on any atom is 0.328 e. The summed E-state index contributed by atoms with van der Waals surface area (Å²) < 4.78 is 33.3. The zero-order valence-electron chi connectivity index (χ0n) is 14.4. The number of benzene rings is 2. The van der Waals surface area contributed by atoms with Crippen LogP contribution in [0.25, 0.3) is 6.08 Å². The lowest BCUT2D eigenvalue weighted by Crippen LogP contribution is -2.30. The molecular weight excluding hydrogens is 354 g/mol. The number of hydrogen-bond acceptors (Lipinski definition) is 4. The molecular formula is C19H19NO5S. The minimum atomic E-state index is -3.86. The number of carbonyl (C=O) groups is 1. The number of carboxylic acid groups (broad SMARTS) is 1.